The quantitative estimate of drug-likeness (QED) is 0.553. The summed E-state index contributed by atoms with van der Waals surface area (Å²) >= 11 is 19.2. The van der Waals surface area contributed by atoms with Crippen LogP contribution < -0.4 is 0 Å². The molecule has 136 valence electrons. The number of halogens is 4. The van der Waals surface area contributed by atoms with Gasteiger partial charge in [0.2, 0.25) is 5.91 Å². The van der Waals surface area contributed by atoms with E-state index in [1.165, 1.54) is 28.8 Å². The largest absolute Gasteiger partial charge is 0.341 e. The highest BCUT2D eigenvalue weighted by Crippen LogP contribution is 2.26. The molecule has 0 saturated heterocycles. The molecular formula is C16H12Cl3FN4OS. The second-order valence-electron chi connectivity index (χ2n) is 5.42. The molecule has 2 heterocycles. The van der Waals surface area contributed by atoms with E-state index < -0.39 is 5.82 Å². The summed E-state index contributed by atoms with van der Waals surface area (Å²) in [7, 11) is 1.58. The molecular weight excluding hydrogens is 422 g/mol. The van der Waals surface area contributed by atoms with Crippen LogP contribution in [0, 0.1) is 5.82 Å². The van der Waals surface area contributed by atoms with E-state index in [2.05, 4.69) is 10.2 Å². The number of amides is 1. The SMILES string of the molecule is CN(Cc1c(F)cccc1Cl)C(=O)CSc1nnc2c(Cl)cc(Cl)cn12. The van der Waals surface area contributed by atoms with Crippen LogP contribution in [0.3, 0.4) is 0 Å². The van der Waals surface area contributed by atoms with Gasteiger partial charge in [0.1, 0.15) is 5.82 Å². The summed E-state index contributed by atoms with van der Waals surface area (Å²) in [6, 6.07) is 5.98. The van der Waals surface area contributed by atoms with Crippen LogP contribution in [0.1, 0.15) is 5.56 Å². The Morgan fingerprint density at radius 3 is 2.77 bits per heavy atom. The molecule has 0 aliphatic heterocycles. The zero-order valence-electron chi connectivity index (χ0n) is 13.4. The van der Waals surface area contributed by atoms with Crippen molar-refractivity contribution in [3.05, 3.63) is 56.9 Å². The number of benzene rings is 1. The van der Waals surface area contributed by atoms with Crippen molar-refractivity contribution in [2.24, 2.45) is 0 Å². The van der Waals surface area contributed by atoms with Crippen molar-refractivity contribution in [1.82, 2.24) is 19.5 Å². The van der Waals surface area contributed by atoms with E-state index in [-0.39, 0.29) is 28.8 Å². The van der Waals surface area contributed by atoms with Gasteiger partial charge in [0, 0.05) is 30.4 Å². The molecule has 0 aliphatic carbocycles. The molecule has 0 saturated carbocycles. The van der Waals surface area contributed by atoms with E-state index >= 15 is 0 Å². The number of pyridine rings is 1. The van der Waals surface area contributed by atoms with Crippen molar-refractivity contribution in [3.63, 3.8) is 0 Å². The van der Waals surface area contributed by atoms with Crippen molar-refractivity contribution in [2.45, 2.75) is 11.7 Å². The summed E-state index contributed by atoms with van der Waals surface area (Å²) in [6.07, 6.45) is 1.62. The van der Waals surface area contributed by atoms with Crippen LogP contribution in [0.5, 0.6) is 0 Å². The topological polar surface area (TPSA) is 50.5 Å². The molecule has 0 atom stereocenters. The van der Waals surface area contributed by atoms with E-state index in [0.29, 0.717) is 20.8 Å². The summed E-state index contributed by atoms with van der Waals surface area (Å²) in [4.78, 5) is 13.8. The van der Waals surface area contributed by atoms with Crippen LogP contribution in [0.4, 0.5) is 4.39 Å². The van der Waals surface area contributed by atoms with Crippen LogP contribution in [0.15, 0.2) is 35.6 Å². The number of carbonyl (C=O) groups excluding carboxylic acids is 1. The predicted octanol–water partition coefficient (Wildman–Crippen LogP) is 4.58. The highest BCUT2D eigenvalue weighted by atomic mass is 35.5. The summed E-state index contributed by atoms with van der Waals surface area (Å²) in [5, 5.41) is 9.57. The number of fused-ring (bicyclic) bond motifs is 1. The lowest BCUT2D eigenvalue weighted by Gasteiger charge is -2.18. The van der Waals surface area contributed by atoms with Gasteiger partial charge in [-0.1, -0.05) is 52.6 Å². The van der Waals surface area contributed by atoms with Crippen LogP contribution >= 0.6 is 46.6 Å². The molecule has 26 heavy (non-hydrogen) atoms. The Kier molecular flexibility index (Phi) is 5.92. The van der Waals surface area contributed by atoms with Gasteiger partial charge in [0.05, 0.1) is 15.8 Å². The maximum atomic E-state index is 13.9. The van der Waals surface area contributed by atoms with Crippen molar-refractivity contribution >= 4 is 58.1 Å². The average molecular weight is 434 g/mol. The summed E-state index contributed by atoms with van der Waals surface area (Å²) in [5.41, 5.74) is 0.735. The standard InChI is InChI=1S/C16H12Cl3FN4OS/c1-23(7-10-11(18)3-2-4-13(10)20)14(25)8-26-16-22-21-15-12(19)5-9(17)6-24(15)16/h2-6H,7-8H2,1H3. The van der Waals surface area contributed by atoms with Crippen molar-refractivity contribution in [3.8, 4) is 0 Å². The minimum atomic E-state index is -0.447. The molecule has 10 heteroatoms. The molecule has 1 aromatic carbocycles. The molecule has 0 radical (unpaired) electrons. The first-order valence-corrected chi connectivity index (χ1v) is 9.48. The van der Waals surface area contributed by atoms with Crippen LogP contribution in [-0.4, -0.2) is 38.2 Å². The van der Waals surface area contributed by atoms with E-state index in [0.717, 1.165) is 0 Å². The lowest BCUT2D eigenvalue weighted by molar-refractivity contribution is -0.127. The molecule has 3 aromatic rings. The molecule has 1 amide bonds. The molecule has 3 rings (SSSR count). The zero-order valence-corrected chi connectivity index (χ0v) is 16.5. The first-order chi connectivity index (χ1) is 12.4. The van der Waals surface area contributed by atoms with Crippen LogP contribution in [-0.2, 0) is 11.3 Å². The lowest BCUT2D eigenvalue weighted by atomic mass is 10.2. The number of thioether (sulfide) groups is 1. The number of rotatable bonds is 5. The van der Waals surface area contributed by atoms with Crippen LogP contribution in [0.25, 0.3) is 5.65 Å². The molecule has 0 spiro atoms. The predicted molar refractivity (Wildman–Crippen MR) is 102 cm³/mol. The summed E-state index contributed by atoms with van der Waals surface area (Å²) in [5.74, 6) is -0.565. The third-order valence-corrected chi connectivity index (χ3v) is 5.37. The van der Waals surface area contributed by atoms with Gasteiger partial charge in [0.15, 0.2) is 10.8 Å². The summed E-state index contributed by atoms with van der Waals surface area (Å²) in [6.45, 7) is 0.0726. The molecule has 5 nitrogen and oxygen atoms in total. The van der Waals surface area contributed by atoms with Gasteiger partial charge in [0.25, 0.3) is 0 Å². The lowest BCUT2D eigenvalue weighted by Crippen LogP contribution is -2.28. The average Bonchev–Trinajstić information content (AvgIpc) is 2.99. The van der Waals surface area contributed by atoms with Crippen LogP contribution in [0.2, 0.25) is 15.1 Å². The fraction of sp³-hybridized carbons (Fsp3) is 0.188. The second-order valence-corrected chi connectivity index (χ2v) is 7.61. The highest BCUT2D eigenvalue weighted by Gasteiger charge is 2.17. The Balaban J connectivity index is 1.69. The van der Waals surface area contributed by atoms with E-state index in [4.69, 9.17) is 34.8 Å². The Morgan fingerprint density at radius 2 is 2.04 bits per heavy atom. The normalized spacial score (nSPS) is 11.1. The Morgan fingerprint density at radius 1 is 1.27 bits per heavy atom. The van der Waals surface area contributed by atoms with Crippen molar-refractivity contribution < 1.29 is 9.18 Å². The van der Waals surface area contributed by atoms with Gasteiger partial charge in [-0.3, -0.25) is 9.20 Å². The van der Waals surface area contributed by atoms with Gasteiger partial charge in [-0.25, -0.2) is 4.39 Å². The minimum Gasteiger partial charge on any atom is -0.341 e. The maximum absolute atomic E-state index is 13.9. The van der Waals surface area contributed by atoms with Gasteiger partial charge in [-0.15, -0.1) is 10.2 Å². The first kappa shape index (κ1) is 19.2. The number of hydrogen-bond donors (Lipinski definition) is 0. The number of hydrogen-bond acceptors (Lipinski definition) is 4. The fourth-order valence-corrected chi connectivity index (χ4v) is 3.83. The van der Waals surface area contributed by atoms with Gasteiger partial charge in [-0.2, -0.15) is 0 Å². The third-order valence-electron chi connectivity index (χ3n) is 3.60. The number of nitrogens with zero attached hydrogens (tertiary/aromatic N) is 4. The molecule has 0 aliphatic rings. The van der Waals surface area contributed by atoms with Gasteiger partial charge in [-0.05, 0) is 18.2 Å². The Bertz CT molecular complexity index is 961. The van der Waals surface area contributed by atoms with Crippen molar-refractivity contribution in [1.29, 1.82) is 0 Å². The molecule has 2 aromatic heterocycles. The molecule has 0 bridgehead atoms. The molecule has 0 fully saturated rings. The Labute approximate surface area is 168 Å². The molecule has 0 N–H and O–H groups in total. The minimum absolute atomic E-state index is 0.0726. The fourth-order valence-electron chi connectivity index (χ4n) is 2.25. The highest BCUT2D eigenvalue weighted by molar-refractivity contribution is 7.99. The van der Waals surface area contributed by atoms with Crippen molar-refractivity contribution in [2.75, 3.05) is 12.8 Å². The number of carbonyl (C=O) groups is 1. The smallest absolute Gasteiger partial charge is 0.233 e. The van der Waals surface area contributed by atoms with E-state index in [1.807, 2.05) is 0 Å². The van der Waals surface area contributed by atoms with Gasteiger partial charge < -0.3 is 4.90 Å². The zero-order chi connectivity index (χ0) is 18.8. The van der Waals surface area contributed by atoms with E-state index in [1.54, 1.807) is 29.8 Å². The Hall–Kier alpha value is -1.54. The van der Waals surface area contributed by atoms with E-state index in [9.17, 15) is 9.18 Å². The second kappa shape index (κ2) is 8.00. The van der Waals surface area contributed by atoms with Gasteiger partial charge >= 0.3 is 0 Å². The first-order valence-electron chi connectivity index (χ1n) is 7.36. The maximum Gasteiger partial charge on any atom is 0.233 e. The summed E-state index contributed by atoms with van der Waals surface area (Å²) < 4.78 is 15.5. The monoisotopic (exact) mass is 432 g/mol. The third kappa shape index (κ3) is 4.06. The molecule has 0 unspecified atom stereocenters. The number of aromatic nitrogens is 3.